The van der Waals surface area contributed by atoms with Gasteiger partial charge in [0, 0.05) is 4.88 Å². The van der Waals surface area contributed by atoms with E-state index in [0.717, 1.165) is 4.88 Å². The molecular formula is C22H20N2O6S. The van der Waals surface area contributed by atoms with Crippen molar-refractivity contribution >= 4 is 40.3 Å². The first-order chi connectivity index (χ1) is 14.9. The highest BCUT2D eigenvalue weighted by atomic mass is 32.1. The summed E-state index contributed by atoms with van der Waals surface area (Å²) in [6, 6.07) is 8.73. The third-order valence-corrected chi connectivity index (χ3v) is 6.11. The molecule has 0 fully saturated rings. The van der Waals surface area contributed by atoms with Gasteiger partial charge in [0.15, 0.2) is 0 Å². The summed E-state index contributed by atoms with van der Waals surface area (Å²) in [4.78, 5) is 38.2. The van der Waals surface area contributed by atoms with Crippen LogP contribution >= 0.6 is 11.3 Å². The van der Waals surface area contributed by atoms with Gasteiger partial charge >= 0.3 is 11.9 Å². The van der Waals surface area contributed by atoms with E-state index in [4.69, 9.17) is 14.2 Å². The van der Waals surface area contributed by atoms with Gasteiger partial charge in [-0.25, -0.2) is 4.79 Å². The van der Waals surface area contributed by atoms with Crippen LogP contribution in [-0.4, -0.2) is 39.2 Å². The van der Waals surface area contributed by atoms with Crippen molar-refractivity contribution in [1.29, 1.82) is 5.26 Å². The van der Waals surface area contributed by atoms with Crippen LogP contribution in [0.5, 0.6) is 5.75 Å². The Kier molecular flexibility index (Phi) is 6.72. The maximum atomic E-state index is 12.8. The molecule has 3 rings (SSSR count). The summed E-state index contributed by atoms with van der Waals surface area (Å²) in [6.07, 6.45) is 2.53. The lowest BCUT2D eigenvalue weighted by molar-refractivity contribution is -0.142. The summed E-state index contributed by atoms with van der Waals surface area (Å²) in [5.74, 6) is -1.73. The molecule has 1 aromatic heterocycles. The van der Waals surface area contributed by atoms with E-state index in [1.165, 1.54) is 31.6 Å². The van der Waals surface area contributed by atoms with Crippen LogP contribution in [-0.2, 0) is 25.5 Å². The van der Waals surface area contributed by atoms with Gasteiger partial charge in [-0.3, -0.25) is 9.59 Å². The molecule has 31 heavy (non-hydrogen) atoms. The van der Waals surface area contributed by atoms with Crippen LogP contribution in [0.25, 0.3) is 6.08 Å². The average Bonchev–Trinajstić information content (AvgIpc) is 3.35. The Bertz CT molecular complexity index is 1090. The number of methoxy groups -OCH3 is 3. The van der Waals surface area contributed by atoms with E-state index >= 15 is 0 Å². The zero-order valence-corrected chi connectivity index (χ0v) is 18.0. The molecule has 1 aliphatic rings. The maximum Gasteiger partial charge on any atom is 0.341 e. The van der Waals surface area contributed by atoms with Crippen molar-refractivity contribution in [2.24, 2.45) is 0 Å². The van der Waals surface area contributed by atoms with Crippen molar-refractivity contribution in [3.8, 4) is 11.8 Å². The Morgan fingerprint density at radius 2 is 1.87 bits per heavy atom. The van der Waals surface area contributed by atoms with Crippen LogP contribution in [0.2, 0.25) is 0 Å². The van der Waals surface area contributed by atoms with E-state index in [9.17, 15) is 19.6 Å². The molecule has 0 saturated heterocycles. The molecule has 1 aromatic carbocycles. The van der Waals surface area contributed by atoms with Gasteiger partial charge in [0.2, 0.25) is 0 Å². The third-order valence-electron chi connectivity index (χ3n) is 4.92. The molecule has 0 radical (unpaired) electrons. The van der Waals surface area contributed by atoms with Gasteiger partial charge in [0.1, 0.15) is 22.4 Å². The second kappa shape index (κ2) is 9.45. The zero-order valence-electron chi connectivity index (χ0n) is 17.2. The molecule has 8 nitrogen and oxygen atoms in total. The normalized spacial score (nSPS) is 14.9. The monoisotopic (exact) mass is 440 g/mol. The highest BCUT2D eigenvalue weighted by Crippen LogP contribution is 2.46. The molecule has 0 bridgehead atoms. The second-order valence-corrected chi connectivity index (χ2v) is 7.75. The summed E-state index contributed by atoms with van der Waals surface area (Å²) >= 11 is 1.20. The zero-order chi connectivity index (χ0) is 22.5. The van der Waals surface area contributed by atoms with E-state index in [2.05, 4.69) is 5.32 Å². The molecule has 2 aromatic rings. The maximum absolute atomic E-state index is 12.8. The number of esters is 2. The fourth-order valence-electron chi connectivity index (χ4n) is 3.42. The number of rotatable bonds is 6. The van der Waals surface area contributed by atoms with Crippen molar-refractivity contribution in [3.63, 3.8) is 0 Å². The highest BCUT2D eigenvalue weighted by molar-refractivity contribution is 7.17. The molecule has 1 N–H and O–H groups in total. The predicted molar refractivity (Wildman–Crippen MR) is 114 cm³/mol. The smallest absolute Gasteiger partial charge is 0.341 e. The number of nitrogens with one attached hydrogen (secondary N) is 1. The van der Waals surface area contributed by atoms with Crippen molar-refractivity contribution in [2.75, 3.05) is 26.6 Å². The number of ether oxygens (including phenoxy) is 3. The number of amides is 1. The largest absolute Gasteiger partial charge is 0.497 e. The average molecular weight is 440 g/mol. The van der Waals surface area contributed by atoms with E-state index in [1.54, 1.807) is 31.4 Å². The number of carbonyl (C=O) groups is 3. The Morgan fingerprint density at radius 1 is 1.16 bits per heavy atom. The predicted octanol–water partition coefficient (Wildman–Crippen LogP) is 3.29. The molecule has 0 aliphatic heterocycles. The van der Waals surface area contributed by atoms with Crippen LogP contribution < -0.4 is 10.1 Å². The van der Waals surface area contributed by atoms with E-state index in [0.29, 0.717) is 29.7 Å². The number of benzene rings is 1. The first kappa shape index (κ1) is 22.1. The van der Waals surface area contributed by atoms with E-state index < -0.39 is 23.8 Å². The lowest BCUT2D eigenvalue weighted by Gasteiger charge is -2.11. The number of hydrogen-bond acceptors (Lipinski definition) is 8. The Labute approximate surface area is 183 Å². The minimum atomic E-state index is -0.669. The summed E-state index contributed by atoms with van der Waals surface area (Å²) in [6.45, 7) is 0. The molecule has 0 saturated carbocycles. The topological polar surface area (TPSA) is 115 Å². The number of fused-ring (bicyclic) bond motifs is 1. The molecule has 0 spiro atoms. The van der Waals surface area contributed by atoms with Crippen molar-refractivity contribution in [3.05, 3.63) is 51.4 Å². The number of hydrogen-bond donors (Lipinski definition) is 1. The van der Waals surface area contributed by atoms with E-state index in [1.807, 2.05) is 6.07 Å². The van der Waals surface area contributed by atoms with Gasteiger partial charge in [-0.1, -0.05) is 12.1 Å². The second-order valence-electron chi connectivity index (χ2n) is 6.65. The molecule has 1 heterocycles. The fraction of sp³-hybridized carbons (Fsp3) is 0.273. The molecule has 1 amide bonds. The minimum absolute atomic E-state index is 0.130. The minimum Gasteiger partial charge on any atom is -0.497 e. The van der Waals surface area contributed by atoms with Crippen molar-refractivity contribution < 1.29 is 28.6 Å². The molecule has 160 valence electrons. The summed E-state index contributed by atoms with van der Waals surface area (Å²) in [5, 5.41) is 12.4. The Hall–Kier alpha value is -3.64. The van der Waals surface area contributed by atoms with Gasteiger partial charge < -0.3 is 19.5 Å². The fourth-order valence-corrected chi connectivity index (χ4v) is 4.68. The van der Waals surface area contributed by atoms with Gasteiger partial charge in [0.25, 0.3) is 5.91 Å². The lowest BCUT2D eigenvalue weighted by atomic mass is 9.99. The van der Waals surface area contributed by atoms with Crippen LogP contribution in [0.3, 0.4) is 0 Å². The Balaban J connectivity index is 1.93. The molecular weight excluding hydrogens is 420 g/mol. The van der Waals surface area contributed by atoms with E-state index in [-0.39, 0.29) is 16.1 Å². The number of anilines is 1. The molecule has 1 unspecified atom stereocenters. The first-order valence-corrected chi connectivity index (χ1v) is 10.1. The number of nitriles is 1. The van der Waals surface area contributed by atoms with Crippen molar-refractivity contribution in [2.45, 2.75) is 18.8 Å². The van der Waals surface area contributed by atoms with Crippen LogP contribution in [0, 0.1) is 11.3 Å². The lowest BCUT2D eigenvalue weighted by Crippen LogP contribution is -2.18. The number of nitrogens with zero attached hydrogens (tertiary/aromatic N) is 1. The molecule has 9 heteroatoms. The van der Waals surface area contributed by atoms with Gasteiger partial charge in [0.05, 0.1) is 32.8 Å². The summed E-state index contributed by atoms with van der Waals surface area (Å²) < 4.78 is 14.8. The number of carbonyl (C=O) groups excluding carboxylic acids is 3. The van der Waals surface area contributed by atoms with Crippen LogP contribution in [0.15, 0.2) is 29.8 Å². The third kappa shape index (κ3) is 4.44. The first-order valence-electron chi connectivity index (χ1n) is 9.32. The summed E-state index contributed by atoms with van der Waals surface area (Å²) in [5.41, 5.74) is 1.15. The Morgan fingerprint density at radius 3 is 2.45 bits per heavy atom. The molecule has 1 atom stereocenters. The van der Waals surface area contributed by atoms with Crippen LogP contribution in [0.1, 0.15) is 38.7 Å². The van der Waals surface area contributed by atoms with Gasteiger partial charge in [-0.15, -0.1) is 11.3 Å². The SMILES string of the molecule is COC(=O)c1c(NC(=O)/C(C#N)=C\c2ccc(OC)cc2)sc2c1C(C(=O)OC)CC2. The molecule has 1 aliphatic carbocycles. The van der Waals surface area contributed by atoms with Gasteiger partial charge in [-0.2, -0.15) is 5.26 Å². The van der Waals surface area contributed by atoms with Gasteiger partial charge in [-0.05, 0) is 42.2 Å². The van der Waals surface area contributed by atoms with Crippen molar-refractivity contribution in [1.82, 2.24) is 0 Å². The number of thiophene rings is 1. The standard InChI is InChI=1S/C22H20N2O6S/c1-28-14-6-4-12(5-7-14)10-13(11-23)19(25)24-20-18(22(27)30-3)17-15(21(26)29-2)8-9-16(17)31-20/h4-7,10,15H,8-9H2,1-3H3,(H,24,25)/b13-10-. The van der Waals surface area contributed by atoms with Crippen LogP contribution in [0.4, 0.5) is 5.00 Å². The highest BCUT2D eigenvalue weighted by Gasteiger charge is 2.38. The quantitative estimate of drug-likeness (QED) is 0.416. The number of aryl methyl sites for hydroxylation is 1. The summed E-state index contributed by atoms with van der Waals surface area (Å²) in [7, 11) is 4.06.